The van der Waals surface area contributed by atoms with Gasteiger partial charge in [0.05, 0.1) is 0 Å². The second-order valence-corrected chi connectivity index (χ2v) is 5.59. The van der Waals surface area contributed by atoms with Crippen molar-refractivity contribution in [2.45, 2.75) is 0 Å². The summed E-state index contributed by atoms with van der Waals surface area (Å²) in [5.74, 6) is 12.2. The van der Waals surface area contributed by atoms with Crippen LogP contribution >= 0.6 is 23.2 Å². The molecule has 0 aliphatic carbocycles. The molecule has 3 rings (SSSR count). The Bertz CT molecular complexity index is 871. The fraction of sp³-hybridized carbons (Fsp3) is 0. The Hall–Kier alpha value is -2.78. The van der Waals surface area contributed by atoms with Gasteiger partial charge in [-0.1, -0.05) is 46.9 Å². The van der Waals surface area contributed by atoms with Gasteiger partial charge in [0.2, 0.25) is 0 Å². The number of halogens is 2. The molecule has 0 fully saturated rings. The summed E-state index contributed by atoms with van der Waals surface area (Å²) in [6, 6.07) is 14.8. The molecule has 3 aromatic rings. The minimum absolute atomic E-state index is 0.458. The van der Waals surface area contributed by atoms with Crippen molar-refractivity contribution < 1.29 is 0 Å². The normalized spacial score (nSPS) is 9.42. The van der Waals surface area contributed by atoms with Gasteiger partial charge >= 0.3 is 0 Å². The van der Waals surface area contributed by atoms with Crippen LogP contribution in [0.1, 0.15) is 22.3 Å². The molecular formula is C20H10Cl2N2. The second kappa shape index (κ2) is 7.66. The van der Waals surface area contributed by atoms with Gasteiger partial charge in [0.25, 0.3) is 0 Å². The van der Waals surface area contributed by atoms with E-state index in [1.165, 1.54) is 0 Å². The van der Waals surface area contributed by atoms with E-state index in [0.717, 1.165) is 22.3 Å². The second-order valence-electron chi connectivity index (χ2n) is 4.82. The molecule has 0 saturated heterocycles. The standard InChI is InChI=1S/C20H10Cl2N2/c21-19-11-9-17(13-23-19)7-5-15-1-2-16(4-3-15)6-8-18-10-12-20(22)24-14-18/h1-4,9-14H. The van der Waals surface area contributed by atoms with Gasteiger partial charge in [-0.25, -0.2) is 9.97 Å². The van der Waals surface area contributed by atoms with Gasteiger partial charge in [0.15, 0.2) is 0 Å². The third-order valence-corrected chi connectivity index (χ3v) is 3.49. The number of aromatic nitrogens is 2. The van der Waals surface area contributed by atoms with Crippen molar-refractivity contribution in [2.75, 3.05) is 0 Å². The lowest BCUT2D eigenvalue weighted by Gasteiger charge is -1.93. The topological polar surface area (TPSA) is 25.8 Å². The maximum Gasteiger partial charge on any atom is 0.129 e. The molecule has 0 saturated carbocycles. The smallest absolute Gasteiger partial charge is 0.129 e. The highest BCUT2D eigenvalue weighted by molar-refractivity contribution is 6.29. The summed E-state index contributed by atoms with van der Waals surface area (Å²) in [5, 5.41) is 0.915. The Balaban J connectivity index is 1.72. The van der Waals surface area contributed by atoms with Crippen LogP contribution in [-0.4, -0.2) is 9.97 Å². The minimum atomic E-state index is 0.458. The molecule has 0 N–H and O–H groups in total. The fourth-order valence-electron chi connectivity index (χ4n) is 1.83. The maximum atomic E-state index is 5.75. The van der Waals surface area contributed by atoms with Crippen molar-refractivity contribution in [3.63, 3.8) is 0 Å². The largest absolute Gasteiger partial charge is 0.243 e. The summed E-state index contributed by atoms with van der Waals surface area (Å²) in [6.07, 6.45) is 3.30. The molecule has 0 bridgehead atoms. The quantitative estimate of drug-likeness (QED) is 0.438. The van der Waals surface area contributed by atoms with E-state index < -0.39 is 0 Å². The van der Waals surface area contributed by atoms with Gasteiger partial charge in [-0.05, 0) is 48.5 Å². The third kappa shape index (κ3) is 4.61. The SMILES string of the molecule is Clc1ccc(C#Cc2ccc(C#Cc3ccc(Cl)nc3)cc2)cn1. The van der Waals surface area contributed by atoms with E-state index in [0.29, 0.717) is 10.3 Å². The predicted octanol–water partition coefficient (Wildman–Crippen LogP) is 4.58. The van der Waals surface area contributed by atoms with Gasteiger partial charge in [0, 0.05) is 34.6 Å². The van der Waals surface area contributed by atoms with Gasteiger partial charge in [-0.15, -0.1) is 0 Å². The van der Waals surface area contributed by atoms with Crippen molar-refractivity contribution in [2.24, 2.45) is 0 Å². The van der Waals surface area contributed by atoms with E-state index in [4.69, 9.17) is 23.2 Å². The van der Waals surface area contributed by atoms with Crippen LogP contribution in [0.25, 0.3) is 0 Å². The average molecular weight is 349 g/mol. The molecule has 2 nitrogen and oxygen atoms in total. The van der Waals surface area contributed by atoms with Crippen LogP contribution in [0.15, 0.2) is 60.9 Å². The molecule has 0 atom stereocenters. The molecule has 1 aromatic carbocycles. The van der Waals surface area contributed by atoms with Crippen molar-refractivity contribution in [3.05, 3.63) is 93.5 Å². The summed E-state index contributed by atoms with van der Waals surface area (Å²) >= 11 is 11.5. The third-order valence-electron chi connectivity index (χ3n) is 3.04. The molecule has 0 spiro atoms. The summed E-state index contributed by atoms with van der Waals surface area (Å²) < 4.78 is 0. The fourth-order valence-corrected chi connectivity index (χ4v) is 2.05. The van der Waals surface area contributed by atoms with E-state index in [9.17, 15) is 0 Å². The van der Waals surface area contributed by atoms with E-state index in [1.54, 1.807) is 24.5 Å². The molecule has 114 valence electrons. The van der Waals surface area contributed by atoms with Gasteiger partial charge < -0.3 is 0 Å². The molecule has 24 heavy (non-hydrogen) atoms. The molecule has 4 heteroatoms. The Kier molecular flexibility index (Phi) is 5.14. The van der Waals surface area contributed by atoms with Gasteiger partial charge in [-0.3, -0.25) is 0 Å². The summed E-state index contributed by atoms with van der Waals surface area (Å²) in [6.45, 7) is 0. The zero-order chi connectivity index (χ0) is 16.8. The summed E-state index contributed by atoms with van der Waals surface area (Å²) in [7, 11) is 0. The lowest BCUT2D eigenvalue weighted by molar-refractivity contribution is 1.31. The van der Waals surface area contributed by atoms with Gasteiger partial charge in [0.1, 0.15) is 10.3 Å². The van der Waals surface area contributed by atoms with Crippen molar-refractivity contribution in [1.82, 2.24) is 9.97 Å². The monoisotopic (exact) mass is 348 g/mol. The molecule has 2 heterocycles. The van der Waals surface area contributed by atoms with E-state index in [2.05, 4.69) is 33.6 Å². The zero-order valence-electron chi connectivity index (χ0n) is 12.4. The number of nitrogens with zero attached hydrogens (tertiary/aromatic N) is 2. The van der Waals surface area contributed by atoms with Crippen LogP contribution in [0.2, 0.25) is 10.3 Å². The molecule has 0 amide bonds. The molecule has 0 aliphatic heterocycles. The first-order valence-electron chi connectivity index (χ1n) is 7.06. The lowest BCUT2D eigenvalue weighted by atomic mass is 10.1. The Morgan fingerprint density at radius 1 is 0.500 bits per heavy atom. The van der Waals surface area contributed by atoms with Crippen LogP contribution in [0.4, 0.5) is 0 Å². The number of rotatable bonds is 0. The minimum Gasteiger partial charge on any atom is -0.243 e. The number of hydrogen-bond donors (Lipinski definition) is 0. The Morgan fingerprint density at radius 3 is 1.17 bits per heavy atom. The van der Waals surface area contributed by atoms with E-state index in [1.807, 2.05) is 36.4 Å². The first-order valence-corrected chi connectivity index (χ1v) is 7.82. The summed E-state index contributed by atoms with van der Waals surface area (Å²) in [5.41, 5.74) is 3.45. The lowest BCUT2D eigenvalue weighted by Crippen LogP contribution is -1.81. The van der Waals surface area contributed by atoms with Crippen molar-refractivity contribution in [3.8, 4) is 23.7 Å². The Morgan fingerprint density at radius 2 is 0.833 bits per heavy atom. The highest BCUT2D eigenvalue weighted by atomic mass is 35.5. The molecule has 0 radical (unpaired) electrons. The molecule has 0 unspecified atom stereocenters. The first kappa shape index (κ1) is 16.1. The molecular weight excluding hydrogens is 339 g/mol. The first-order chi connectivity index (χ1) is 11.7. The van der Waals surface area contributed by atoms with Gasteiger partial charge in [-0.2, -0.15) is 0 Å². The van der Waals surface area contributed by atoms with Crippen LogP contribution < -0.4 is 0 Å². The molecule has 2 aromatic heterocycles. The van der Waals surface area contributed by atoms with Crippen LogP contribution in [-0.2, 0) is 0 Å². The Labute approximate surface area is 150 Å². The van der Waals surface area contributed by atoms with Crippen LogP contribution in [0.3, 0.4) is 0 Å². The predicted molar refractivity (Wildman–Crippen MR) is 96.9 cm³/mol. The zero-order valence-corrected chi connectivity index (χ0v) is 13.9. The highest BCUT2D eigenvalue weighted by Crippen LogP contribution is 2.07. The van der Waals surface area contributed by atoms with E-state index >= 15 is 0 Å². The number of pyridine rings is 2. The maximum absolute atomic E-state index is 5.75. The van der Waals surface area contributed by atoms with Crippen molar-refractivity contribution in [1.29, 1.82) is 0 Å². The number of hydrogen-bond acceptors (Lipinski definition) is 2. The van der Waals surface area contributed by atoms with E-state index in [-0.39, 0.29) is 0 Å². The average Bonchev–Trinajstić information content (AvgIpc) is 2.62. The number of benzene rings is 1. The van der Waals surface area contributed by atoms with Crippen LogP contribution in [0, 0.1) is 23.7 Å². The highest BCUT2D eigenvalue weighted by Gasteiger charge is 1.92. The van der Waals surface area contributed by atoms with Crippen LogP contribution in [0.5, 0.6) is 0 Å². The summed E-state index contributed by atoms with van der Waals surface area (Å²) in [4.78, 5) is 7.99. The molecule has 0 aliphatic rings. The van der Waals surface area contributed by atoms with Crippen molar-refractivity contribution >= 4 is 23.2 Å².